The molecule has 0 heterocycles. The molecule has 8 heteroatoms. The van der Waals surface area contributed by atoms with Crippen LogP contribution in [-0.4, -0.2) is 40.2 Å². The molecule has 0 aliphatic carbocycles. The highest BCUT2D eigenvalue weighted by molar-refractivity contribution is 7.90. The van der Waals surface area contributed by atoms with Crippen molar-refractivity contribution in [1.29, 1.82) is 0 Å². The predicted molar refractivity (Wildman–Crippen MR) is 75.6 cm³/mol. The Balaban J connectivity index is 2.71. The van der Waals surface area contributed by atoms with Gasteiger partial charge in [0.2, 0.25) is 0 Å². The van der Waals surface area contributed by atoms with Crippen LogP contribution < -0.4 is 14.8 Å². The molecule has 1 N–H and O–H groups in total. The van der Waals surface area contributed by atoms with Crippen molar-refractivity contribution in [3.63, 3.8) is 0 Å². The van der Waals surface area contributed by atoms with Crippen molar-refractivity contribution in [2.24, 2.45) is 0 Å². The highest BCUT2D eigenvalue weighted by atomic mass is 32.2. The number of benzene rings is 1. The fourth-order valence-electron chi connectivity index (χ4n) is 1.82. The van der Waals surface area contributed by atoms with E-state index in [1.165, 1.54) is 19.2 Å². The standard InChI is InChI=1S/C13H19F2NO4S/c1-9(8-21(3,17)18)16-7-10-4-5-11(19-2)12(6-10)20-13(14)15/h4-6,9,13,16H,7-8H2,1-3H3. The van der Waals surface area contributed by atoms with E-state index >= 15 is 0 Å². The van der Waals surface area contributed by atoms with Gasteiger partial charge in [0, 0.05) is 18.8 Å². The molecule has 1 atom stereocenters. The second-order valence-corrected chi connectivity index (χ2v) is 6.92. The molecule has 1 rings (SSSR count). The van der Waals surface area contributed by atoms with E-state index in [4.69, 9.17) is 4.74 Å². The summed E-state index contributed by atoms with van der Waals surface area (Å²) in [6.45, 7) is -0.868. The number of rotatable bonds is 8. The van der Waals surface area contributed by atoms with Gasteiger partial charge in [0.05, 0.1) is 12.9 Å². The lowest BCUT2D eigenvalue weighted by atomic mass is 10.2. The topological polar surface area (TPSA) is 64.6 Å². The van der Waals surface area contributed by atoms with Gasteiger partial charge in [0.15, 0.2) is 11.5 Å². The van der Waals surface area contributed by atoms with Crippen molar-refractivity contribution < 1.29 is 26.7 Å². The van der Waals surface area contributed by atoms with Gasteiger partial charge in [-0.25, -0.2) is 8.42 Å². The summed E-state index contributed by atoms with van der Waals surface area (Å²) in [7, 11) is -1.71. The third kappa shape index (κ3) is 6.72. The Bertz CT molecular complexity index is 563. The monoisotopic (exact) mass is 323 g/mol. The van der Waals surface area contributed by atoms with Crippen LogP contribution in [0.5, 0.6) is 11.5 Å². The maximum absolute atomic E-state index is 12.3. The molecule has 0 fully saturated rings. The van der Waals surface area contributed by atoms with E-state index in [0.29, 0.717) is 12.1 Å². The van der Waals surface area contributed by atoms with Crippen molar-refractivity contribution in [1.82, 2.24) is 5.32 Å². The average molecular weight is 323 g/mol. The number of hydrogen-bond donors (Lipinski definition) is 1. The maximum atomic E-state index is 12.3. The van der Waals surface area contributed by atoms with E-state index in [0.717, 1.165) is 6.26 Å². The Kier molecular flexibility index (Phi) is 6.35. The molecule has 0 amide bonds. The Morgan fingerprint density at radius 2 is 1.95 bits per heavy atom. The second kappa shape index (κ2) is 7.56. The van der Waals surface area contributed by atoms with Gasteiger partial charge in [-0.3, -0.25) is 0 Å². The Morgan fingerprint density at radius 1 is 1.29 bits per heavy atom. The number of methoxy groups -OCH3 is 1. The molecule has 21 heavy (non-hydrogen) atoms. The molecule has 0 aromatic heterocycles. The lowest BCUT2D eigenvalue weighted by Crippen LogP contribution is -2.32. The van der Waals surface area contributed by atoms with Crippen LogP contribution in [0, 0.1) is 0 Å². The Hall–Kier alpha value is -1.41. The Morgan fingerprint density at radius 3 is 2.48 bits per heavy atom. The van der Waals surface area contributed by atoms with Crippen molar-refractivity contribution in [2.75, 3.05) is 19.1 Å². The molecular weight excluding hydrogens is 304 g/mol. The number of alkyl halides is 2. The smallest absolute Gasteiger partial charge is 0.387 e. The summed E-state index contributed by atoms with van der Waals surface area (Å²) in [4.78, 5) is 0. The first kappa shape index (κ1) is 17.6. The predicted octanol–water partition coefficient (Wildman–Crippen LogP) is 1.82. The van der Waals surface area contributed by atoms with E-state index in [-0.39, 0.29) is 23.3 Å². The molecule has 5 nitrogen and oxygen atoms in total. The van der Waals surface area contributed by atoms with Gasteiger partial charge in [0.25, 0.3) is 0 Å². The zero-order valence-electron chi connectivity index (χ0n) is 12.1. The minimum absolute atomic E-state index is 0.00352. The van der Waals surface area contributed by atoms with E-state index in [2.05, 4.69) is 10.1 Å². The van der Waals surface area contributed by atoms with E-state index in [1.807, 2.05) is 0 Å². The molecule has 0 saturated heterocycles. The number of sulfone groups is 1. The van der Waals surface area contributed by atoms with Crippen LogP contribution in [-0.2, 0) is 16.4 Å². The summed E-state index contributed by atoms with van der Waals surface area (Å²) < 4.78 is 56.2. The van der Waals surface area contributed by atoms with Gasteiger partial charge in [-0.15, -0.1) is 0 Å². The quantitative estimate of drug-likeness (QED) is 0.790. The molecule has 0 bridgehead atoms. The average Bonchev–Trinajstić information content (AvgIpc) is 2.34. The number of halogens is 2. The molecular formula is C13H19F2NO4S. The molecule has 0 spiro atoms. The minimum atomic E-state index is -3.07. The van der Waals surface area contributed by atoms with Crippen molar-refractivity contribution in [3.8, 4) is 11.5 Å². The molecule has 0 saturated carbocycles. The van der Waals surface area contributed by atoms with Crippen molar-refractivity contribution >= 4 is 9.84 Å². The molecule has 1 aromatic rings. The summed E-state index contributed by atoms with van der Waals surface area (Å²) in [5.74, 6) is 0.162. The molecule has 120 valence electrons. The van der Waals surface area contributed by atoms with Gasteiger partial charge in [-0.05, 0) is 24.6 Å². The maximum Gasteiger partial charge on any atom is 0.387 e. The number of ether oxygens (including phenoxy) is 2. The van der Waals surface area contributed by atoms with Crippen molar-refractivity contribution in [2.45, 2.75) is 26.1 Å². The SMILES string of the molecule is COc1ccc(CNC(C)CS(C)(=O)=O)cc1OC(F)F. The summed E-state index contributed by atoms with van der Waals surface area (Å²) >= 11 is 0. The largest absolute Gasteiger partial charge is 0.493 e. The van der Waals surface area contributed by atoms with Crippen LogP contribution in [0.2, 0.25) is 0 Å². The van der Waals surface area contributed by atoms with Crippen LogP contribution in [0.3, 0.4) is 0 Å². The Labute approximate surface area is 123 Å². The first-order valence-electron chi connectivity index (χ1n) is 6.24. The summed E-state index contributed by atoms with van der Waals surface area (Å²) in [5, 5.41) is 3.01. The van der Waals surface area contributed by atoms with Crippen LogP contribution in [0.15, 0.2) is 18.2 Å². The third-order valence-corrected chi connectivity index (χ3v) is 3.76. The van der Waals surface area contributed by atoms with Gasteiger partial charge in [0.1, 0.15) is 9.84 Å². The van der Waals surface area contributed by atoms with Gasteiger partial charge in [-0.2, -0.15) is 8.78 Å². The summed E-state index contributed by atoms with van der Waals surface area (Å²) in [5.41, 5.74) is 0.687. The van der Waals surface area contributed by atoms with E-state index in [1.54, 1.807) is 13.0 Å². The highest BCUT2D eigenvalue weighted by Crippen LogP contribution is 2.29. The van der Waals surface area contributed by atoms with Crippen molar-refractivity contribution in [3.05, 3.63) is 23.8 Å². The zero-order valence-corrected chi connectivity index (χ0v) is 12.9. The second-order valence-electron chi connectivity index (χ2n) is 4.74. The van der Waals surface area contributed by atoms with Crippen LogP contribution >= 0.6 is 0 Å². The normalized spacial score (nSPS) is 13.2. The van der Waals surface area contributed by atoms with Crippen LogP contribution in [0.4, 0.5) is 8.78 Å². The van der Waals surface area contributed by atoms with Gasteiger partial charge >= 0.3 is 6.61 Å². The molecule has 1 aromatic carbocycles. The lowest BCUT2D eigenvalue weighted by molar-refractivity contribution is -0.0512. The third-order valence-electron chi connectivity index (χ3n) is 2.65. The van der Waals surface area contributed by atoms with Gasteiger partial charge < -0.3 is 14.8 Å². The summed E-state index contributed by atoms with van der Waals surface area (Å²) in [6, 6.07) is 4.40. The summed E-state index contributed by atoms with van der Waals surface area (Å²) in [6.07, 6.45) is 1.16. The minimum Gasteiger partial charge on any atom is -0.493 e. The lowest BCUT2D eigenvalue weighted by Gasteiger charge is -2.15. The molecule has 0 radical (unpaired) electrons. The van der Waals surface area contributed by atoms with Crippen LogP contribution in [0.25, 0.3) is 0 Å². The number of nitrogens with one attached hydrogen (secondary N) is 1. The first-order chi connectivity index (χ1) is 9.71. The van der Waals surface area contributed by atoms with E-state index in [9.17, 15) is 17.2 Å². The molecule has 0 aliphatic rings. The number of hydrogen-bond acceptors (Lipinski definition) is 5. The fraction of sp³-hybridized carbons (Fsp3) is 0.538. The molecule has 0 aliphatic heterocycles. The van der Waals surface area contributed by atoms with Gasteiger partial charge in [-0.1, -0.05) is 6.07 Å². The zero-order chi connectivity index (χ0) is 16.0. The van der Waals surface area contributed by atoms with E-state index < -0.39 is 16.4 Å². The highest BCUT2D eigenvalue weighted by Gasteiger charge is 2.13. The molecule has 1 unspecified atom stereocenters. The first-order valence-corrected chi connectivity index (χ1v) is 8.30. The fourth-order valence-corrected chi connectivity index (χ4v) is 2.85. The van der Waals surface area contributed by atoms with Crippen LogP contribution in [0.1, 0.15) is 12.5 Å².